The van der Waals surface area contributed by atoms with E-state index in [0.717, 1.165) is 12.8 Å². The molecule has 0 unspecified atom stereocenters. The first-order valence-corrected chi connectivity index (χ1v) is 9.53. The second-order valence-electron chi connectivity index (χ2n) is 6.48. The predicted octanol–water partition coefficient (Wildman–Crippen LogP) is 0.600. The molecule has 3 aliphatic rings. The van der Waals surface area contributed by atoms with Gasteiger partial charge in [-0.1, -0.05) is 12.8 Å². The highest BCUT2D eigenvalue weighted by atomic mass is 32.2. The van der Waals surface area contributed by atoms with Crippen LogP contribution in [0.25, 0.3) is 0 Å². The summed E-state index contributed by atoms with van der Waals surface area (Å²) >= 11 is 0. The minimum atomic E-state index is -2.96. The summed E-state index contributed by atoms with van der Waals surface area (Å²) in [5.41, 5.74) is 0. The normalized spacial score (nSPS) is 39.4. The first-order chi connectivity index (χ1) is 9.56. The lowest BCUT2D eigenvalue weighted by atomic mass is 9.85. The molecule has 1 saturated carbocycles. The molecule has 20 heavy (non-hydrogen) atoms. The molecule has 0 aromatic rings. The lowest BCUT2D eigenvalue weighted by Crippen LogP contribution is -2.45. The van der Waals surface area contributed by atoms with E-state index >= 15 is 0 Å². The highest BCUT2D eigenvalue weighted by molar-refractivity contribution is 7.92. The van der Waals surface area contributed by atoms with Gasteiger partial charge >= 0.3 is 0 Å². The SMILES string of the molecule is O=C(NC[C@@H]1CCCS1(=O)=O)[C@@H]1C[C@@H]2CCCC[C@@H]2N1. The molecule has 3 fully saturated rings. The molecule has 2 heterocycles. The molecule has 0 aromatic heterocycles. The Morgan fingerprint density at radius 2 is 1.95 bits per heavy atom. The molecular formula is C14H24N2O3S. The average molecular weight is 300 g/mol. The van der Waals surface area contributed by atoms with E-state index in [4.69, 9.17) is 0 Å². The summed E-state index contributed by atoms with van der Waals surface area (Å²) in [6.45, 7) is 0.286. The number of amides is 1. The van der Waals surface area contributed by atoms with Crippen LogP contribution in [0.4, 0.5) is 0 Å². The summed E-state index contributed by atoms with van der Waals surface area (Å²) in [7, 11) is -2.96. The van der Waals surface area contributed by atoms with Crippen molar-refractivity contribution in [3.63, 3.8) is 0 Å². The van der Waals surface area contributed by atoms with Crippen LogP contribution in [-0.4, -0.2) is 44.0 Å². The minimum Gasteiger partial charge on any atom is -0.353 e. The standard InChI is InChI=1S/C14H24N2O3S/c17-14(15-9-11-5-3-7-20(11,18)19)13-8-10-4-1-2-6-12(10)16-13/h10-13,16H,1-9H2,(H,15,17)/t10-,11-,12-,13-/m0/s1. The first-order valence-electron chi connectivity index (χ1n) is 7.81. The number of carbonyl (C=O) groups is 1. The molecule has 2 saturated heterocycles. The minimum absolute atomic E-state index is 0.0125. The summed E-state index contributed by atoms with van der Waals surface area (Å²) < 4.78 is 23.5. The van der Waals surface area contributed by atoms with E-state index in [-0.39, 0.29) is 29.5 Å². The Hall–Kier alpha value is -0.620. The molecule has 2 N–H and O–H groups in total. The van der Waals surface area contributed by atoms with Gasteiger partial charge in [0.1, 0.15) is 0 Å². The van der Waals surface area contributed by atoms with Crippen molar-refractivity contribution in [2.75, 3.05) is 12.3 Å². The van der Waals surface area contributed by atoms with E-state index in [2.05, 4.69) is 10.6 Å². The summed E-state index contributed by atoms with van der Waals surface area (Å²) in [6.07, 6.45) is 7.25. The van der Waals surface area contributed by atoms with Crippen molar-refractivity contribution in [2.24, 2.45) is 5.92 Å². The Labute approximate surface area is 120 Å². The molecule has 5 nitrogen and oxygen atoms in total. The average Bonchev–Trinajstić information content (AvgIpc) is 2.98. The van der Waals surface area contributed by atoms with E-state index in [1.807, 2.05) is 0 Å². The van der Waals surface area contributed by atoms with E-state index in [0.29, 0.717) is 18.4 Å². The number of sulfone groups is 1. The van der Waals surface area contributed by atoms with Gasteiger partial charge in [0.15, 0.2) is 9.84 Å². The van der Waals surface area contributed by atoms with Crippen molar-refractivity contribution in [3.05, 3.63) is 0 Å². The molecule has 0 radical (unpaired) electrons. The Bertz CT molecular complexity index is 463. The van der Waals surface area contributed by atoms with Gasteiger partial charge in [-0.3, -0.25) is 4.79 Å². The van der Waals surface area contributed by atoms with Crippen LogP contribution in [0.5, 0.6) is 0 Å². The van der Waals surface area contributed by atoms with Crippen LogP contribution in [0.2, 0.25) is 0 Å². The Balaban J connectivity index is 1.50. The summed E-state index contributed by atoms with van der Waals surface area (Å²) in [4.78, 5) is 12.2. The fourth-order valence-corrected chi connectivity index (χ4v) is 5.71. The zero-order valence-corrected chi connectivity index (χ0v) is 12.6. The van der Waals surface area contributed by atoms with Crippen LogP contribution in [0.15, 0.2) is 0 Å². The molecule has 3 rings (SSSR count). The lowest BCUT2D eigenvalue weighted by molar-refractivity contribution is -0.122. The van der Waals surface area contributed by atoms with E-state index in [9.17, 15) is 13.2 Å². The number of nitrogens with one attached hydrogen (secondary N) is 2. The maximum atomic E-state index is 12.2. The van der Waals surface area contributed by atoms with E-state index < -0.39 is 9.84 Å². The second kappa shape index (κ2) is 5.64. The summed E-state index contributed by atoms with van der Waals surface area (Å²) in [5.74, 6) is 0.899. The van der Waals surface area contributed by atoms with Gasteiger partial charge in [0.2, 0.25) is 5.91 Å². The van der Waals surface area contributed by atoms with Gasteiger partial charge in [-0.05, 0) is 38.0 Å². The zero-order valence-electron chi connectivity index (χ0n) is 11.8. The van der Waals surface area contributed by atoms with Gasteiger partial charge in [-0.15, -0.1) is 0 Å². The van der Waals surface area contributed by atoms with Crippen molar-refractivity contribution in [1.29, 1.82) is 0 Å². The fourth-order valence-electron chi connectivity index (χ4n) is 3.95. The number of hydrogen-bond donors (Lipinski definition) is 2. The highest BCUT2D eigenvalue weighted by Gasteiger charge is 2.39. The summed E-state index contributed by atoms with van der Waals surface area (Å²) in [5, 5.41) is 5.91. The molecule has 1 amide bonds. The van der Waals surface area contributed by atoms with E-state index in [1.54, 1.807) is 0 Å². The van der Waals surface area contributed by atoms with Gasteiger partial charge < -0.3 is 10.6 Å². The molecular weight excluding hydrogens is 276 g/mol. The van der Waals surface area contributed by atoms with Crippen LogP contribution in [0.3, 0.4) is 0 Å². The van der Waals surface area contributed by atoms with Crippen LogP contribution in [-0.2, 0) is 14.6 Å². The highest BCUT2D eigenvalue weighted by Crippen LogP contribution is 2.33. The number of rotatable bonds is 3. The lowest BCUT2D eigenvalue weighted by Gasteiger charge is -2.24. The molecule has 4 atom stereocenters. The first kappa shape index (κ1) is 14.3. The van der Waals surface area contributed by atoms with Crippen LogP contribution < -0.4 is 10.6 Å². The maximum absolute atomic E-state index is 12.2. The third-order valence-electron chi connectivity index (χ3n) is 5.15. The fraction of sp³-hybridized carbons (Fsp3) is 0.929. The molecule has 6 heteroatoms. The quantitative estimate of drug-likeness (QED) is 0.800. The van der Waals surface area contributed by atoms with Gasteiger partial charge in [-0.25, -0.2) is 8.42 Å². The van der Waals surface area contributed by atoms with E-state index in [1.165, 1.54) is 25.7 Å². The van der Waals surface area contributed by atoms with Crippen molar-refractivity contribution < 1.29 is 13.2 Å². The Morgan fingerprint density at radius 3 is 2.65 bits per heavy atom. The van der Waals surface area contributed by atoms with Crippen molar-refractivity contribution in [2.45, 2.75) is 62.3 Å². The van der Waals surface area contributed by atoms with Gasteiger partial charge in [0.25, 0.3) is 0 Å². The number of hydrogen-bond acceptors (Lipinski definition) is 4. The van der Waals surface area contributed by atoms with Crippen molar-refractivity contribution in [1.82, 2.24) is 10.6 Å². The maximum Gasteiger partial charge on any atom is 0.237 e. The largest absolute Gasteiger partial charge is 0.353 e. The Kier molecular flexibility index (Phi) is 4.04. The van der Waals surface area contributed by atoms with Gasteiger partial charge in [-0.2, -0.15) is 0 Å². The molecule has 0 bridgehead atoms. The van der Waals surface area contributed by atoms with Crippen LogP contribution in [0, 0.1) is 5.92 Å². The van der Waals surface area contributed by atoms with Crippen molar-refractivity contribution >= 4 is 15.7 Å². The molecule has 114 valence electrons. The molecule has 2 aliphatic heterocycles. The van der Waals surface area contributed by atoms with Crippen LogP contribution >= 0.6 is 0 Å². The predicted molar refractivity (Wildman–Crippen MR) is 77.1 cm³/mol. The number of fused-ring (bicyclic) bond motifs is 1. The second-order valence-corrected chi connectivity index (χ2v) is 8.88. The summed E-state index contributed by atoms with van der Waals surface area (Å²) in [6, 6.07) is 0.377. The van der Waals surface area contributed by atoms with Gasteiger partial charge in [0, 0.05) is 12.6 Å². The van der Waals surface area contributed by atoms with Crippen LogP contribution in [0.1, 0.15) is 44.9 Å². The third kappa shape index (κ3) is 2.86. The Morgan fingerprint density at radius 1 is 1.15 bits per heavy atom. The van der Waals surface area contributed by atoms with Crippen molar-refractivity contribution in [3.8, 4) is 0 Å². The zero-order chi connectivity index (χ0) is 14.2. The number of carbonyl (C=O) groups excluding carboxylic acids is 1. The molecule has 0 spiro atoms. The molecule has 1 aliphatic carbocycles. The third-order valence-corrected chi connectivity index (χ3v) is 7.42. The smallest absolute Gasteiger partial charge is 0.237 e. The topological polar surface area (TPSA) is 75.3 Å². The molecule has 0 aromatic carbocycles. The monoisotopic (exact) mass is 300 g/mol. The van der Waals surface area contributed by atoms with Gasteiger partial charge in [0.05, 0.1) is 17.0 Å².